The summed E-state index contributed by atoms with van der Waals surface area (Å²) in [5, 5.41) is 10.7. The van der Waals surface area contributed by atoms with E-state index in [9.17, 15) is 9.59 Å². The number of piperidine rings is 1. The Morgan fingerprint density at radius 2 is 2.09 bits per heavy atom. The molecule has 182 valence electrons. The Morgan fingerprint density at radius 3 is 2.83 bits per heavy atom. The van der Waals surface area contributed by atoms with Crippen molar-refractivity contribution in [3.05, 3.63) is 54.5 Å². The maximum absolute atomic E-state index is 12.0. The van der Waals surface area contributed by atoms with Gasteiger partial charge in [-0.2, -0.15) is 10.1 Å². The fourth-order valence-electron chi connectivity index (χ4n) is 4.02. The molecule has 0 bridgehead atoms. The van der Waals surface area contributed by atoms with Crippen LogP contribution < -0.4 is 16.4 Å². The highest BCUT2D eigenvalue weighted by Gasteiger charge is 2.24. The third-order valence-electron chi connectivity index (χ3n) is 5.86. The lowest BCUT2D eigenvalue weighted by Gasteiger charge is -2.32. The van der Waals surface area contributed by atoms with Gasteiger partial charge in [0.15, 0.2) is 0 Å². The van der Waals surface area contributed by atoms with Gasteiger partial charge in [-0.25, -0.2) is 15.0 Å². The monoisotopic (exact) mass is 476 g/mol. The van der Waals surface area contributed by atoms with E-state index in [1.807, 2.05) is 24.7 Å². The quantitative estimate of drug-likeness (QED) is 0.415. The molecular formula is C23H28N10O2. The molecule has 0 aromatic carbocycles. The van der Waals surface area contributed by atoms with Crippen LogP contribution in [0.1, 0.15) is 47.6 Å². The van der Waals surface area contributed by atoms with E-state index in [4.69, 9.17) is 5.73 Å². The minimum absolute atomic E-state index is 0.0621. The van der Waals surface area contributed by atoms with Gasteiger partial charge in [-0.1, -0.05) is 13.5 Å². The molecule has 12 heteroatoms. The molecule has 3 aromatic rings. The summed E-state index contributed by atoms with van der Waals surface area (Å²) in [7, 11) is 0. The Morgan fingerprint density at radius 1 is 1.26 bits per heavy atom. The maximum atomic E-state index is 12.0. The van der Waals surface area contributed by atoms with Crippen LogP contribution in [-0.2, 0) is 11.2 Å². The van der Waals surface area contributed by atoms with E-state index in [1.54, 1.807) is 11.1 Å². The van der Waals surface area contributed by atoms with E-state index >= 15 is 0 Å². The first-order valence-corrected chi connectivity index (χ1v) is 11.4. The highest BCUT2D eigenvalue weighted by Crippen LogP contribution is 2.26. The smallest absolute Gasteiger partial charge is 0.254 e. The first kappa shape index (κ1) is 23.8. The zero-order valence-corrected chi connectivity index (χ0v) is 19.7. The average Bonchev–Trinajstić information content (AvgIpc) is 3.33. The van der Waals surface area contributed by atoms with Gasteiger partial charge in [-0.05, 0) is 32.3 Å². The molecule has 0 radical (unpaired) electrons. The van der Waals surface area contributed by atoms with Crippen LogP contribution >= 0.6 is 0 Å². The van der Waals surface area contributed by atoms with Crippen LogP contribution in [0.15, 0.2) is 37.6 Å². The molecule has 0 spiro atoms. The molecule has 1 aliphatic heterocycles. The molecule has 0 aliphatic carbocycles. The summed E-state index contributed by atoms with van der Waals surface area (Å²) in [6, 6.07) is 0.0621. The molecule has 1 fully saturated rings. The maximum Gasteiger partial charge on any atom is 0.254 e. The number of amides is 2. The number of aryl methyl sites for hydroxylation is 2. The number of rotatable bonds is 8. The third-order valence-corrected chi connectivity index (χ3v) is 5.86. The summed E-state index contributed by atoms with van der Waals surface area (Å²) >= 11 is 0. The molecule has 1 aliphatic rings. The topological polar surface area (TPSA) is 157 Å². The van der Waals surface area contributed by atoms with Gasteiger partial charge in [-0.3, -0.25) is 14.3 Å². The molecule has 12 nitrogen and oxygen atoms in total. The molecule has 35 heavy (non-hydrogen) atoms. The number of nitrogens with zero attached hydrogens (tertiary/aromatic N) is 7. The normalized spacial score (nSPS) is 15.5. The second-order valence-electron chi connectivity index (χ2n) is 8.20. The summed E-state index contributed by atoms with van der Waals surface area (Å²) in [6.07, 6.45) is 10.2. The summed E-state index contributed by atoms with van der Waals surface area (Å²) in [6.45, 7) is 8.68. The molecular weight excluding hydrogens is 448 g/mol. The Bertz CT molecular complexity index is 1250. The standard InChI is InChI=1S/C23H28N10O2/c1-4-18-20(14(3)26-13-27-18)30-22-17(21(24)35)10-25-23(31-22)29-15-9-28-33(11-15)16-7-6-8-32(12-16)19(34)5-2/h5,9-11,13,16H,2,4,6-8,12H2,1,3H3,(H2,24,35)(H2,25,29,30,31). The molecule has 2 amide bonds. The second-order valence-corrected chi connectivity index (χ2v) is 8.20. The van der Waals surface area contributed by atoms with Gasteiger partial charge in [0.2, 0.25) is 11.9 Å². The lowest BCUT2D eigenvalue weighted by molar-refractivity contribution is -0.127. The number of aromatic nitrogens is 6. The van der Waals surface area contributed by atoms with Crippen molar-refractivity contribution in [3.8, 4) is 0 Å². The van der Waals surface area contributed by atoms with Gasteiger partial charge in [0.1, 0.15) is 17.7 Å². The van der Waals surface area contributed by atoms with Gasteiger partial charge < -0.3 is 21.3 Å². The van der Waals surface area contributed by atoms with Crippen molar-refractivity contribution in [1.29, 1.82) is 0 Å². The van der Waals surface area contributed by atoms with Crippen LogP contribution in [0, 0.1) is 6.92 Å². The number of likely N-dealkylation sites (tertiary alicyclic amines) is 1. The van der Waals surface area contributed by atoms with Crippen molar-refractivity contribution in [1.82, 2.24) is 34.6 Å². The lowest BCUT2D eigenvalue weighted by atomic mass is 10.1. The molecule has 1 saturated heterocycles. The summed E-state index contributed by atoms with van der Waals surface area (Å²) in [4.78, 5) is 43.0. The zero-order chi connectivity index (χ0) is 24.9. The van der Waals surface area contributed by atoms with Gasteiger partial charge in [-0.15, -0.1) is 0 Å². The van der Waals surface area contributed by atoms with Gasteiger partial charge in [0.25, 0.3) is 5.91 Å². The van der Waals surface area contributed by atoms with Crippen LogP contribution in [0.2, 0.25) is 0 Å². The number of primary amides is 1. The van der Waals surface area contributed by atoms with Crippen molar-refractivity contribution in [2.24, 2.45) is 5.73 Å². The molecule has 3 aromatic heterocycles. The van der Waals surface area contributed by atoms with E-state index in [0.29, 0.717) is 24.3 Å². The Hall–Kier alpha value is -4.35. The summed E-state index contributed by atoms with van der Waals surface area (Å²) in [5.41, 5.74) is 8.55. The Kier molecular flexibility index (Phi) is 6.99. The Labute approximate surface area is 202 Å². The number of carbonyl (C=O) groups is 2. The molecule has 4 heterocycles. The zero-order valence-electron chi connectivity index (χ0n) is 19.7. The fourth-order valence-corrected chi connectivity index (χ4v) is 4.02. The lowest BCUT2D eigenvalue weighted by Crippen LogP contribution is -2.39. The highest BCUT2D eigenvalue weighted by atomic mass is 16.2. The number of nitrogens with one attached hydrogen (secondary N) is 2. The van der Waals surface area contributed by atoms with Crippen LogP contribution in [0.3, 0.4) is 0 Å². The Balaban J connectivity index is 1.55. The van der Waals surface area contributed by atoms with E-state index in [0.717, 1.165) is 30.8 Å². The molecule has 4 N–H and O–H groups in total. The highest BCUT2D eigenvalue weighted by molar-refractivity contribution is 5.98. The van der Waals surface area contributed by atoms with Crippen LogP contribution in [0.5, 0.6) is 0 Å². The average molecular weight is 477 g/mol. The minimum Gasteiger partial charge on any atom is -0.365 e. The number of hydrogen-bond donors (Lipinski definition) is 3. The fraction of sp³-hybridized carbons (Fsp3) is 0.348. The SMILES string of the molecule is C=CC(=O)N1CCCC(n2cc(Nc3ncc(C(N)=O)c(Nc4c(C)ncnc4CC)n3)cn2)C1. The predicted octanol–water partition coefficient (Wildman–Crippen LogP) is 2.27. The van der Waals surface area contributed by atoms with E-state index in [1.165, 1.54) is 18.6 Å². The molecule has 4 rings (SSSR count). The third kappa shape index (κ3) is 5.26. The minimum atomic E-state index is -0.657. The summed E-state index contributed by atoms with van der Waals surface area (Å²) in [5.74, 6) is -0.221. The van der Waals surface area contributed by atoms with Crippen LogP contribution in [0.25, 0.3) is 0 Å². The van der Waals surface area contributed by atoms with Gasteiger partial charge in [0.05, 0.1) is 35.0 Å². The van der Waals surface area contributed by atoms with Gasteiger partial charge >= 0.3 is 0 Å². The molecule has 1 atom stereocenters. The predicted molar refractivity (Wildman–Crippen MR) is 131 cm³/mol. The largest absolute Gasteiger partial charge is 0.365 e. The first-order valence-electron chi connectivity index (χ1n) is 11.4. The molecule has 1 unspecified atom stereocenters. The first-order chi connectivity index (χ1) is 16.9. The van der Waals surface area contributed by atoms with E-state index in [2.05, 4.69) is 42.2 Å². The second kappa shape index (κ2) is 10.3. The number of anilines is 4. The summed E-state index contributed by atoms with van der Waals surface area (Å²) < 4.78 is 1.83. The van der Waals surface area contributed by atoms with Crippen LogP contribution in [-0.4, -0.2) is 59.5 Å². The van der Waals surface area contributed by atoms with Gasteiger partial charge in [0, 0.05) is 25.5 Å². The van der Waals surface area contributed by atoms with E-state index in [-0.39, 0.29) is 29.3 Å². The number of carbonyl (C=O) groups excluding carboxylic acids is 2. The van der Waals surface area contributed by atoms with Crippen molar-refractivity contribution >= 4 is 35.0 Å². The number of hydrogen-bond acceptors (Lipinski definition) is 9. The van der Waals surface area contributed by atoms with Crippen molar-refractivity contribution in [2.75, 3.05) is 23.7 Å². The number of nitrogens with two attached hydrogens (primary N) is 1. The van der Waals surface area contributed by atoms with E-state index < -0.39 is 5.91 Å². The molecule has 0 saturated carbocycles. The van der Waals surface area contributed by atoms with Crippen molar-refractivity contribution in [3.63, 3.8) is 0 Å². The van der Waals surface area contributed by atoms with Crippen molar-refractivity contribution in [2.45, 2.75) is 39.2 Å². The van der Waals surface area contributed by atoms with Crippen molar-refractivity contribution < 1.29 is 9.59 Å². The van der Waals surface area contributed by atoms with Crippen LogP contribution in [0.4, 0.5) is 23.1 Å².